The molecule has 0 heterocycles. The fraction of sp³-hybridized carbons (Fsp3) is 1.00. The minimum absolute atomic E-state index is 0.281. The van der Waals surface area contributed by atoms with Gasteiger partial charge in [0.2, 0.25) is 0 Å². The lowest BCUT2D eigenvalue weighted by molar-refractivity contribution is -0.184. The van der Waals surface area contributed by atoms with Gasteiger partial charge in [0.05, 0.1) is 5.92 Å². The molecule has 1 rings (SSSR count). The van der Waals surface area contributed by atoms with Crippen LogP contribution in [0.5, 0.6) is 0 Å². The molecular formula is C14H26F3NO. The van der Waals surface area contributed by atoms with E-state index in [2.05, 4.69) is 12.2 Å². The molecule has 19 heavy (non-hydrogen) atoms. The van der Waals surface area contributed by atoms with Gasteiger partial charge in [-0.25, -0.2) is 0 Å². The van der Waals surface area contributed by atoms with E-state index in [1.807, 2.05) is 7.05 Å². The standard InChI is InChI=1S/C14H26F3NO/c1-10(8-9-19-3)13(18-2)11-4-6-12(7-5-11)14(15,16)17/h10-13,18H,4-9H2,1-3H3. The summed E-state index contributed by atoms with van der Waals surface area (Å²) in [5, 5.41) is 3.30. The van der Waals surface area contributed by atoms with Gasteiger partial charge < -0.3 is 10.1 Å². The van der Waals surface area contributed by atoms with Crippen LogP contribution >= 0.6 is 0 Å². The number of methoxy groups -OCH3 is 1. The third-order valence-corrected chi connectivity index (χ3v) is 4.47. The Balaban J connectivity index is 2.47. The van der Waals surface area contributed by atoms with Gasteiger partial charge in [-0.1, -0.05) is 6.92 Å². The van der Waals surface area contributed by atoms with Crippen LogP contribution in [-0.4, -0.2) is 33.0 Å². The lowest BCUT2D eigenvalue weighted by atomic mass is 9.74. The van der Waals surface area contributed by atoms with Gasteiger partial charge in [0, 0.05) is 19.8 Å². The van der Waals surface area contributed by atoms with Crippen LogP contribution in [0.3, 0.4) is 0 Å². The molecule has 0 amide bonds. The molecule has 0 radical (unpaired) electrons. The maximum absolute atomic E-state index is 12.6. The Morgan fingerprint density at radius 1 is 1.21 bits per heavy atom. The fourth-order valence-corrected chi connectivity index (χ4v) is 3.27. The molecule has 5 heteroatoms. The van der Waals surface area contributed by atoms with E-state index in [4.69, 9.17) is 4.74 Å². The normalized spacial score (nSPS) is 28.1. The SMILES string of the molecule is CNC(C(C)CCOC)C1CCC(C(F)(F)F)CC1. The van der Waals surface area contributed by atoms with Crippen molar-refractivity contribution in [2.45, 2.75) is 51.2 Å². The van der Waals surface area contributed by atoms with Crippen LogP contribution in [0.2, 0.25) is 0 Å². The molecule has 0 aromatic heterocycles. The lowest BCUT2D eigenvalue weighted by Crippen LogP contribution is -2.42. The number of ether oxygens (including phenoxy) is 1. The van der Waals surface area contributed by atoms with Crippen molar-refractivity contribution in [1.29, 1.82) is 0 Å². The number of hydrogen-bond donors (Lipinski definition) is 1. The molecule has 2 atom stereocenters. The predicted octanol–water partition coefficient (Wildman–Crippen LogP) is 3.62. The van der Waals surface area contributed by atoms with Crippen LogP contribution in [0, 0.1) is 17.8 Å². The van der Waals surface area contributed by atoms with Crippen LogP contribution in [0.1, 0.15) is 39.0 Å². The van der Waals surface area contributed by atoms with Crippen molar-refractivity contribution in [1.82, 2.24) is 5.32 Å². The summed E-state index contributed by atoms with van der Waals surface area (Å²) in [7, 11) is 3.58. The van der Waals surface area contributed by atoms with Crippen LogP contribution in [0.25, 0.3) is 0 Å². The highest BCUT2D eigenvalue weighted by Gasteiger charge is 2.42. The van der Waals surface area contributed by atoms with Crippen LogP contribution in [0.4, 0.5) is 13.2 Å². The zero-order valence-corrected chi connectivity index (χ0v) is 12.1. The van der Waals surface area contributed by atoms with E-state index in [1.165, 1.54) is 0 Å². The number of nitrogens with one attached hydrogen (secondary N) is 1. The summed E-state index contributed by atoms with van der Waals surface area (Å²) in [4.78, 5) is 0. The van der Waals surface area contributed by atoms with Gasteiger partial charge in [-0.2, -0.15) is 13.2 Å². The zero-order valence-electron chi connectivity index (χ0n) is 12.1. The average Bonchev–Trinajstić information content (AvgIpc) is 2.37. The summed E-state index contributed by atoms with van der Waals surface area (Å²) in [6.45, 7) is 2.85. The third-order valence-electron chi connectivity index (χ3n) is 4.47. The molecular weight excluding hydrogens is 255 g/mol. The van der Waals surface area contributed by atoms with Crippen molar-refractivity contribution < 1.29 is 17.9 Å². The molecule has 1 N–H and O–H groups in total. The summed E-state index contributed by atoms with van der Waals surface area (Å²) in [6, 6.07) is 0.296. The van der Waals surface area contributed by atoms with Crippen molar-refractivity contribution in [3.05, 3.63) is 0 Å². The first kappa shape index (κ1) is 16.8. The first-order chi connectivity index (χ1) is 8.90. The average molecular weight is 281 g/mol. The number of rotatable bonds is 6. The Bertz CT molecular complexity index is 250. The second-order valence-corrected chi connectivity index (χ2v) is 5.73. The summed E-state index contributed by atoms with van der Waals surface area (Å²) >= 11 is 0. The first-order valence-corrected chi connectivity index (χ1v) is 7.13. The molecule has 0 aromatic rings. The largest absolute Gasteiger partial charge is 0.391 e. The smallest absolute Gasteiger partial charge is 0.385 e. The van der Waals surface area contributed by atoms with Crippen LogP contribution in [0.15, 0.2) is 0 Å². The van der Waals surface area contributed by atoms with Gasteiger partial charge in [-0.15, -0.1) is 0 Å². The number of hydrogen-bond acceptors (Lipinski definition) is 2. The first-order valence-electron chi connectivity index (χ1n) is 7.13. The van der Waals surface area contributed by atoms with E-state index in [-0.39, 0.29) is 12.8 Å². The second-order valence-electron chi connectivity index (χ2n) is 5.73. The summed E-state index contributed by atoms with van der Waals surface area (Å²) in [5.41, 5.74) is 0. The Hall–Kier alpha value is -0.290. The number of alkyl halides is 3. The quantitative estimate of drug-likeness (QED) is 0.803. The van der Waals surface area contributed by atoms with Gasteiger partial charge in [-0.3, -0.25) is 0 Å². The molecule has 1 aliphatic carbocycles. The van der Waals surface area contributed by atoms with Crippen molar-refractivity contribution in [3.63, 3.8) is 0 Å². The van der Waals surface area contributed by atoms with Crippen LogP contribution < -0.4 is 5.32 Å². The Labute approximate surface area is 114 Å². The van der Waals surface area contributed by atoms with E-state index in [1.54, 1.807) is 7.11 Å². The molecule has 1 aliphatic rings. The Morgan fingerprint density at radius 3 is 2.21 bits per heavy atom. The zero-order chi connectivity index (χ0) is 14.5. The highest BCUT2D eigenvalue weighted by molar-refractivity contribution is 4.86. The predicted molar refractivity (Wildman–Crippen MR) is 70.0 cm³/mol. The third kappa shape index (κ3) is 4.95. The molecule has 2 unspecified atom stereocenters. The molecule has 0 bridgehead atoms. The molecule has 0 saturated heterocycles. The van der Waals surface area contributed by atoms with Gasteiger partial charge in [0.1, 0.15) is 0 Å². The summed E-state index contributed by atoms with van der Waals surface area (Å²) < 4.78 is 43.0. The van der Waals surface area contributed by atoms with Gasteiger partial charge in [0.15, 0.2) is 0 Å². The molecule has 1 fully saturated rings. The minimum atomic E-state index is -4.01. The minimum Gasteiger partial charge on any atom is -0.385 e. The molecule has 114 valence electrons. The highest BCUT2D eigenvalue weighted by Crippen LogP contribution is 2.41. The van der Waals surface area contributed by atoms with Gasteiger partial charge in [0.25, 0.3) is 0 Å². The topological polar surface area (TPSA) is 21.3 Å². The molecule has 0 aliphatic heterocycles. The monoisotopic (exact) mass is 281 g/mol. The summed E-state index contributed by atoms with van der Waals surface area (Å²) in [6.07, 6.45) is -1.16. The van der Waals surface area contributed by atoms with Crippen molar-refractivity contribution in [2.24, 2.45) is 17.8 Å². The fourth-order valence-electron chi connectivity index (χ4n) is 3.27. The second kappa shape index (κ2) is 7.48. The van der Waals surface area contributed by atoms with Gasteiger partial charge in [-0.05, 0) is 51.0 Å². The molecule has 1 saturated carbocycles. The van der Waals surface area contributed by atoms with Crippen molar-refractivity contribution >= 4 is 0 Å². The maximum Gasteiger partial charge on any atom is 0.391 e. The Morgan fingerprint density at radius 2 is 1.79 bits per heavy atom. The van der Waals surface area contributed by atoms with E-state index < -0.39 is 12.1 Å². The van der Waals surface area contributed by atoms with Crippen molar-refractivity contribution in [2.75, 3.05) is 20.8 Å². The molecule has 0 aromatic carbocycles. The van der Waals surface area contributed by atoms with E-state index in [0.29, 0.717) is 37.3 Å². The van der Waals surface area contributed by atoms with Crippen molar-refractivity contribution in [3.8, 4) is 0 Å². The lowest BCUT2D eigenvalue weighted by Gasteiger charge is -2.37. The van der Waals surface area contributed by atoms with E-state index in [0.717, 1.165) is 6.42 Å². The summed E-state index contributed by atoms with van der Waals surface area (Å²) in [5.74, 6) is -0.302. The maximum atomic E-state index is 12.6. The van der Waals surface area contributed by atoms with E-state index in [9.17, 15) is 13.2 Å². The molecule has 0 spiro atoms. The Kier molecular flexibility index (Phi) is 6.60. The van der Waals surface area contributed by atoms with Gasteiger partial charge >= 0.3 is 6.18 Å². The number of halogens is 3. The van der Waals surface area contributed by atoms with E-state index >= 15 is 0 Å². The van der Waals surface area contributed by atoms with Crippen LogP contribution in [-0.2, 0) is 4.74 Å². The highest BCUT2D eigenvalue weighted by atomic mass is 19.4. The molecule has 2 nitrogen and oxygen atoms in total.